The first-order valence-electron chi connectivity index (χ1n) is 6.91. The fourth-order valence-corrected chi connectivity index (χ4v) is 3.94. The minimum Gasteiger partial charge on any atom is -0.310 e. The van der Waals surface area contributed by atoms with Crippen LogP contribution in [-0.2, 0) is 6.54 Å². The summed E-state index contributed by atoms with van der Waals surface area (Å²) in [5.41, 5.74) is 1.83. The molecule has 1 N–H and O–H groups in total. The predicted octanol–water partition coefficient (Wildman–Crippen LogP) is 3.58. The maximum atomic E-state index is 4.67. The van der Waals surface area contributed by atoms with Gasteiger partial charge in [0.2, 0.25) is 0 Å². The van der Waals surface area contributed by atoms with E-state index in [1.807, 2.05) is 11.3 Å². The normalized spacial score (nSPS) is 21.3. The zero-order valence-electron chi connectivity index (χ0n) is 10.5. The molecule has 94 valence electrons. The van der Waals surface area contributed by atoms with Crippen LogP contribution in [0, 0.1) is 11.3 Å². The van der Waals surface area contributed by atoms with E-state index in [1.54, 1.807) is 0 Å². The summed E-state index contributed by atoms with van der Waals surface area (Å²) in [6.07, 6.45) is 5.85. The summed E-state index contributed by atoms with van der Waals surface area (Å²) in [6.45, 7) is 2.14. The van der Waals surface area contributed by atoms with Gasteiger partial charge in [-0.1, -0.05) is 12.1 Å². The lowest BCUT2D eigenvalue weighted by molar-refractivity contribution is 0.403. The number of hydrogen-bond acceptors (Lipinski definition) is 3. The molecule has 0 saturated heterocycles. The van der Waals surface area contributed by atoms with Crippen LogP contribution in [0.2, 0.25) is 0 Å². The molecule has 0 spiro atoms. The Hall–Kier alpha value is -0.930. The van der Waals surface area contributed by atoms with Crippen molar-refractivity contribution in [2.24, 2.45) is 11.3 Å². The van der Waals surface area contributed by atoms with Crippen molar-refractivity contribution in [2.75, 3.05) is 6.54 Å². The third-order valence-electron chi connectivity index (χ3n) is 4.43. The van der Waals surface area contributed by atoms with Crippen LogP contribution in [-0.4, -0.2) is 11.5 Å². The largest absolute Gasteiger partial charge is 0.310 e. The zero-order chi connectivity index (χ0) is 12.0. The van der Waals surface area contributed by atoms with Crippen LogP contribution in [0.3, 0.4) is 0 Å². The Morgan fingerprint density at radius 2 is 2.11 bits per heavy atom. The Labute approximate surface area is 111 Å². The number of aromatic nitrogens is 1. The monoisotopic (exact) mass is 258 g/mol. The van der Waals surface area contributed by atoms with E-state index in [4.69, 9.17) is 0 Å². The average molecular weight is 258 g/mol. The molecule has 2 aromatic rings. The van der Waals surface area contributed by atoms with Crippen molar-refractivity contribution in [1.82, 2.24) is 10.3 Å². The first-order chi connectivity index (χ1) is 8.86. The molecule has 1 heterocycles. The quantitative estimate of drug-likeness (QED) is 0.886. The standard InChI is InChI=1S/C15H18N2S/c1-2-4-13-12(3-1)17-14(18-13)9-16-10-15(7-8-15)11-5-6-11/h1-4,11,16H,5-10H2. The number of nitrogens with zero attached hydrogens (tertiary/aromatic N) is 1. The van der Waals surface area contributed by atoms with Gasteiger partial charge in [-0.2, -0.15) is 0 Å². The number of thiazole rings is 1. The molecule has 0 unspecified atom stereocenters. The van der Waals surface area contributed by atoms with E-state index < -0.39 is 0 Å². The first kappa shape index (κ1) is 10.9. The Kier molecular flexibility index (Phi) is 2.45. The summed E-state index contributed by atoms with van der Waals surface area (Å²) < 4.78 is 1.30. The molecule has 18 heavy (non-hydrogen) atoms. The Morgan fingerprint density at radius 3 is 2.83 bits per heavy atom. The van der Waals surface area contributed by atoms with E-state index in [1.165, 1.54) is 41.9 Å². The van der Waals surface area contributed by atoms with Crippen LogP contribution in [0.4, 0.5) is 0 Å². The first-order valence-corrected chi connectivity index (χ1v) is 7.73. The molecule has 0 bridgehead atoms. The van der Waals surface area contributed by atoms with Gasteiger partial charge in [-0.15, -0.1) is 11.3 Å². The maximum Gasteiger partial charge on any atom is 0.108 e. The molecule has 3 heteroatoms. The number of benzene rings is 1. The van der Waals surface area contributed by atoms with Crippen LogP contribution in [0.15, 0.2) is 24.3 Å². The smallest absolute Gasteiger partial charge is 0.108 e. The highest BCUT2D eigenvalue weighted by molar-refractivity contribution is 7.18. The third-order valence-corrected chi connectivity index (χ3v) is 5.46. The van der Waals surface area contributed by atoms with E-state index in [0.29, 0.717) is 5.41 Å². The SMILES string of the molecule is c1ccc2sc(CNCC3(C4CC4)CC3)nc2c1. The second-order valence-electron chi connectivity index (χ2n) is 5.82. The molecule has 1 aromatic heterocycles. The van der Waals surface area contributed by atoms with Gasteiger partial charge in [-0.05, 0) is 49.1 Å². The van der Waals surface area contributed by atoms with E-state index in [9.17, 15) is 0 Å². The summed E-state index contributed by atoms with van der Waals surface area (Å²) >= 11 is 1.82. The minimum absolute atomic E-state index is 0.691. The summed E-state index contributed by atoms with van der Waals surface area (Å²) in [4.78, 5) is 4.67. The lowest BCUT2D eigenvalue weighted by Gasteiger charge is -2.13. The highest BCUT2D eigenvalue weighted by Gasteiger charge is 2.53. The summed E-state index contributed by atoms with van der Waals surface area (Å²) in [5.74, 6) is 1.04. The van der Waals surface area contributed by atoms with Gasteiger partial charge >= 0.3 is 0 Å². The van der Waals surface area contributed by atoms with Crippen LogP contribution >= 0.6 is 11.3 Å². The van der Waals surface area contributed by atoms with Crippen LogP contribution in [0.5, 0.6) is 0 Å². The number of hydrogen-bond donors (Lipinski definition) is 1. The molecule has 0 aliphatic heterocycles. The highest BCUT2D eigenvalue weighted by atomic mass is 32.1. The van der Waals surface area contributed by atoms with Crippen molar-refractivity contribution in [3.8, 4) is 0 Å². The van der Waals surface area contributed by atoms with Gasteiger partial charge in [-0.3, -0.25) is 0 Å². The average Bonchev–Trinajstić information content (AvgIpc) is 3.26. The van der Waals surface area contributed by atoms with Crippen molar-refractivity contribution < 1.29 is 0 Å². The fourth-order valence-electron chi connectivity index (χ4n) is 3.00. The molecular formula is C15H18N2S. The van der Waals surface area contributed by atoms with E-state index in [0.717, 1.165) is 18.0 Å². The molecule has 2 fully saturated rings. The summed E-state index contributed by atoms with van der Waals surface area (Å²) in [5, 5.41) is 4.86. The molecule has 1 aromatic carbocycles. The van der Waals surface area contributed by atoms with Crippen molar-refractivity contribution in [1.29, 1.82) is 0 Å². The van der Waals surface area contributed by atoms with Gasteiger partial charge in [0.25, 0.3) is 0 Å². The van der Waals surface area contributed by atoms with Gasteiger partial charge in [0.1, 0.15) is 5.01 Å². The molecule has 2 saturated carbocycles. The predicted molar refractivity (Wildman–Crippen MR) is 75.7 cm³/mol. The molecule has 2 aliphatic carbocycles. The van der Waals surface area contributed by atoms with Crippen molar-refractivity contribution in [3.05, 3.63) is 29.3 Å². The Bertz CT molecular complexity index is 534. The third kappa shape index (κ3) is 1.95. The number of nitrogens with one attached hydrogen (secondary N) is 1. The topological polar surface area (TPSA) is 24.9 Å². The Balaban J connectivity index is 1.39. The highest BCUT2D eigenvalue weighted by Crippen LogP contribution is 2.60. The molecule has 0 radical (unpaired) electrons. The molecule has 2 nitrogen and oxygen atoms in total. The fraction of sp³-hybridized carbons (Fsp3) is 0.533. The maximum absolute atomic E-state index is 4.67. The van der Waals surface area contributed by atoms with Crippen molar-refractivity contribution in [2.45, 2.75) is 32.2 Å². The van der Waals surface area contributed by atoms with Crippen LogP contribution in [0.1, 0.15) is 30.7 Å². The molecule has 2 aliphatic rings. The zero-order valence-corrected chi connectivity index (χ0v) is 11.3. The molecule has 0 atom stereocenters. The summed E-state index contributed by atoms with van der Waals surface area (Å²) in [6, 6.07) is 8.40. The van der Waals surface area contributed by atoms with Gasteiger partial charge in [0, 0.05) is 13.1 Å². The lowest BCUT2D eigenvalue weighted by Crippen LogP contribution is -2.24. The number of para-hydroxylation sites is 1. The molecule has 4 rings (SSSR count). The van der Waals surface area contributed by atoms with Crippen molar-refractivity contribution >= 4 is 21.6 Å². The van der Waals surface area contributed by atoms with Crippen molar-refractivity contribution in [3.63, 3.8) is 0 Å². The van der Waals surface area contributed by atoms with Gasteiger partial charge in [0.15, 0.2) is 0 Å². The number of fused-ring (bicyclic) bond motifs is 1. The van der Waals surface area contributed by atoms with E-state index in [2.05, 4.69) is 34.6 Å². The Morgan fingerprint density at radius 1 is 1.28 bits per heavy atom. The lowest BCUT2D eigenvalue weighted by atomic mass is 10.0. The summed E-state index contributed by atoms with van der Waals surface area (Å²) in [7, 11) is 0. The minimum atomic E-state index is 0.691. The van der Waals surface area contributed by atoms with Crippen LogP contribution in [0.25, 0.3) is 10.2 Å². The second kappa shape index (κ2) is 4.04. The molecule has 0 amide bonds. The van der Waals surface area contributed by atoms with Gasteiger partial charge in [-0.25, -0.2) is 4.98 Å². The second-order valence-corrected chi connectivity index (χ2v) is 6.93. The van der Waals surface area contributed by atoms with Gasteiger partial charge < -0.3 is 5.32 Å². The van der Waals surface area contributed by atoms with Gasteiger partial charge in [0.05, 0.1) is 10.2 Å². The molecular weight excluding hydrogens is 240 g/mol. The number of rotatable bonds is 5. The van der Waals surface area contributed by atoms with E-state index in [-0.39, 0.29) is 0 Å². The van der Waals surface area contributed by atoms with Crippen LogP contribution < -0.4 is 5.32 Å². The van der Waals surface area contributed by atoms with E-state index >= 15 is 0 Å².